The van der Waals surface area contributed by atoms with Crippen molar-refractivity contribution in [1.29, 1.82) is 0 Å². The van der Waals surface area contributed by atoms with Gasteiger partial charge in [0.25, 0.3) is 0 Å². The predicted octanol–water partition coefficient (Wildman–Crippen LogP) is 5.66. The van der Waals surface area contributed by atoms with Gasteiger partial charge in [0.05, 0.1) is 25.9 Å². The van der Waals surface area contributed by atoms with Crippen molar-refractivity contribution in [3.63, 3.8) is 0 Å². The van der Waals surface area contributed by atoms with Crippen molar-refractivity contribution in [3.05, 3.63) is 83.9 Å². The molecule has 28 heavy (non-hydrogen) atoms. The highest BCUT2D eigenvalue weighted by atomic mass is 19.1. The summed E-state index contributed by atoms with van der Waals surface area (Å²) in [6.07, 6.45) is 1.69. The Balaban J connectivity index is 1.86. The summed E-state index contributed by atoms with van der Waals surface area (Å²) in [6, 6.07) is 17.6. The van der Waals surface area contributed by atoms with Crippen molar-refractivity contribution in [3.8, 4) is 34.5 Å². The molecule has 0 amide bonds. The van der Waals surface area contributed by atoms with Crippen molar-refractivity contribution >= 4 is 11.0 Å². The molecule has 4 heteroatoms. The van der Waals surface area contributed by atoms with E-state index in [2.05, 4.69) is 11.8 Å². The van der Waals surface area contributed by atoms with Gasteiger partial charge in [0, 0.05) is 34.4 Å². The van der Waals surface area contributed by atoms with Crippen molar-refractivity contribution in [1.82, 2.24) is 0 Å². The van der Waals surface area contributed by atoms with Gasteiger partial charge < -0.3 is 13.9 Å². The molecule has 0 aliphatic carbocycles. The van der Waals surface area contributed by atoms with E-state index in [9.17, 15) is 4.39 Å². The summed E-state index contributed by atoms with van der Waals surface area (Å²) in [6.45, 7) is 0. The second-order valence-corrected chi connectivity index (χ2v) is 6.16. The Hall–Kier alpha value is -3.71. The van der Waals surface area contributed by atoms with Crippen molar-refractivity contribution in [2.24, 2.45) is 0 Å². The number of fused-ring (bicyclic) bond motifs is 1. The van der Waals surface area contributed by atoms with Crippen LogP contribution >= 0.6 is 0 Å². The number of furan rings is 1. The van der Waals surface area contributed by atoms with E-state index < -0.39 is 0 Å². The Morgan fingerprint density at radius 1 is 0.857 bits per heavy atom. The van der Waals surface area contributed by atoms with Crippen molar-refractivity contribution in [2.45, 2.75) is 0 Å². The van der Waals surface area contributed by atoms with E-state index in [4.69, 9.17) is 13.9 Å². The number of ether oxygens (including phenoxy) is 2. The van der Waals surface area contributed by atoms with E-state index in [1.165, 1.54) is 12.1 Å². The maximum Gasteiger partial charge on any atom is 0.141 e. The molecule has 4 rings (SSSR count). The standard InChI is InChI=1S/C24H17FO3/c1-26-19-13-22(27-2)24-21(15-28-23(24)14-19)20-9-4-3-7-17(20)11-10-16-6-5-8-18(25)12-16/h3-9,12-15H,1-2H3. The van der Waals surface area contributed by atoms with Crippen LogP contribution < -0.4 is 9.47 Å². The summed E-state index contributed by atoms with van der Waals surface area (Å²) in [5.41, 5.74) is 3.88. The van der Waals surface area contributed by atoms with Crippen LogP contribution in [-0.2, 0) is 0 Å². The SMILES string of the molecule is COc1cc(OC)c2c(-c3ccccc3C#Cc3cccc(F)c3)coc2c1. The lowest BCUT2D eigenvalue weighted by Crippen LogP contribution is -1.89. The van der Waals surface area contributed by atoms with Crippen LogP contribution in [0.25, 0.3) is 22.1 Å². The molecular weight excluding hydrogens is 355 g/mol. The second kappa shape index (κ2) is 7.50. The molecule has 0 spiro atoms. The largest absolute Gasteiger partial charge is 0.496 e. The van der Waals surface area contributed by atoms with Gasteiger partial charge in [-0.3, -0.25) is 0 Å². The Bertz CT molecular complexity index is 1210. The molecule has 1 heterocycles. The molecule has 0 aliphatic rings. The molecular formula is C24H17FO3. The molecule has 0 saturated carbocycles. The van der Waals surface area contributed by atoms with E-state index in [-0.39, 0.29) is 5.82 Å². The Labute approximate surface area is 162 Å². The highest BCUT2D eigenvalue weighted by Crippen LogP contribution is 2.40. The Morgan fingerprint density at radius 2 is 1.71 bits per heavy atom. The van der Waals surface area contributed by atoms with Crippen LogP contribution in [0.1, 0.15) is 11.1 Å². The predicted molar refractivity (Wildman–Crippen MR) is 107 cm³/mol. The minimum Gasteiger partial charge on any atom is -0.496 e. The molecule has 3 aromatic carbocycles. The first-order valence-corrected chi connectivity index (χ1v) is 8.70. The number of hydrogen-bond donors (Lipinski definition) is 0. The Kier molecular flexibility index (Phi) is 4.74. The molecule has 138 valence electrons. The molecule has 0 radical (unpaired) electrons. The molecule has 3 nitrogen and oxygen atoms in total. The zero-order valence-corrected chi connectivity index (χ0v) is 15.5. The third-order valence-corrected chi connectivity index (χ3v) is 4.45. The monoisotopic (exact) mass is 372 g/mol. The number of methoxy groups -OCH3 is 2. The van der Waals surface area contributed by atoms with Crippen LogP contribution in [0, 0.1) is 17.7 Å². The highest BCUT2D eigenvalue weighted by Gasteiger charge is 2.16. The zero-order chi connectivity index (χ0) is 19.5. The molecule has 0 unspecified atom stereocenters. The highest BCUT2D eigenvalue weighted by molar-refractivity contribution is 6.00. The lowest BCUT2D eigenvalue weighted by molar-refractivity contribution is 0.397. The molecule has 1 aromatic heterocycles. The first-order valence-electron chi connectivity index (χ1n) is 8.70. The normalized spacial score (nSPS) is 10.4. The first kappa shape index (κ1) is 17.7. The van der Waals surface area contributed by atoms with Crippen molar-refractivity contribution in [2.75, 3.05) is 14.2 Å². The van der Waals surface area contributed by atoms with Gasteiger partial charge in [-0.25, -0.2) is 4.39 Å². The van der Waals surface area contributed by atoms with E-state index >= 15 is 0 Å². The topological polar surface area (TPSA) is 31.6 Å². The molecule has 0 atom stereocenters. The van der Waals surface area contributed by atoms with E-state index in [1.807, 2.05) is 36.4 Å². The first-order chi connectivity index (χ1) is 13.7. The van der Waals surface area contributed by atoms with Crippen LogP contribution in [0.2, 0.25) is 0 Å². The molecule has 4 aromatic rings. The van der Waals surface area contributed by atoms with E-state index in [1.54, 1.807) is 32.6 Å². The van der Waals surface area contributed by atoms with E-state index in [0.717, 1.165) is 22.1 Å². The van der Waals surface area contributed by atoms with Gasteiger partial charge >= 0.3 is 0 Å². The van der Waals surface area contributed by atoms with Crippen LogP contribution in [0.4, 0.5) is 4.39 Å². The molecule has 0 fully saturated rings. The van der Waals surface area contributed by atoms with Crippen LogP contribution in [-0.4, -0.2) is 14.2 Å². The van der Waals surface area contributed by atoms with Gasteiger partial charge in [0.1, 0.15) is 22.9 Å². The Morgan fingerprint density at radius 3 is 2.50 bits per heavy atom. The summed E-state index contributed by atoms with van der Waals surface area (Å²) < 4.78 is 30.0. The summed E-state index contributed by atoms with van der Waals surface area (Å²) in [5, 5.41) is 0.850. The summed E-state index contributed by atoms with van der Waals surface area (Å²) in [5.74, 6) is 7.18. The van der Waals surface area contributed by atoms with Gasteiger partial charge in [0.2, 0.25) is 0 Å². The minimum absolute atomic E-state index is 0.306. The smallest absolute Gasteiger partial charge is 0.141 e. The summed E-state index contributed by atoms with van der Waals surface area (Å²) in [4.78, 5) is 0. The van der Waals surface area contributed by atoms with Gasteiger partial charge in [-0.05, 0) is 24.3 Å². The zero-order valence-electron chi connectivity index (χ0n) is 15.5. The van der Waals surface area contributed by atoms with Gasteiger partial charge in [-0.1, -0.05) is 36.1 Å². The second-order valence-electron chi connectivity index (χ2n) is 6.16. The van der Waals surface area contributed by atoms with Gasteiger partial charge in [-0.2, -0.15) is 0 Å². The van der Waals surface area contributed by atoms with Crippen LogP contribution in [0.3, 0.4) is 0 Å². The molecule has 0 N–H and O–H groups in total. The number of rotatable bonds is 3. The van der Waals surface area contributed by atoms with E-state index in [0.29, 0.717) is 22.6 Å². The fourth-order valence-corrected chi connectivity index (χ4v) is 3.12. The fourth-order valence-electron chi connectivity index (χ4n) is 3.12. The lowest BCUT2D eigenvalue weighted by atomic mass is 9.98. The number of benzene rings is 3. The number of halogens is 1. The average molecular weight is 372 g/mol. The fraction of sp³-hybridized carbons (Fsp3) is 0.0833. The number of hydrogen-bond acceptors (Lipinski definition) is 3. The molecule has 0 aliphatic heterocycles. The van der Waals surface area contributed by atoms with Crippen LogP contribution in [0.5, 0.6) is 11.5 Å². The average Bonchev–Trinajstić information content (AvgIpc) is 3.15. The third-order valence-electron chi connectivity index (χ3n) is 4.45. The summed E-state index contributed by atoms with van der Waals surface area (Å²) >= 11 is 0. The maximum atomic E-state index is 13.4. The van der Waals surface area contributed by atoms with Crippen molar-refractivity contribution < 1.29 is 18.3 Å². The molecule has 0 saturated heterocycles. The minimum atomic E-state index is -0.306. The maximum absolute atomic E-state index is 13.4. The molecule has 0 bridgehead atoms. The third kappa shape index (κ3) is 3.30. The van der Waals surface area contributed by atoms with Gasteiger partial charge in [-0.15, -0.1) is 0 Å². The quantitative estimate of drug-likeness (QED) is 0.435. The van der Waals surface area contributed by atoms with Crippen LogP contribution in [0.15, 0.2) is 71.3 Å². The lowest BCUT2D eigenvalue weighted by Gasteiger charge is -2.08. The van der Waals surface area contributed by atoms with Gasteiger partial charge in [0.15, 0.2) is 0 Å². The summed E-state index contributed by atoms with van der Waals surface area (Å²) in [7, 11) is 3.21.